The third kappa shape index (κ3) is 3.59. The molecule has 2 rings (SSSR count). The van der Waals surface area contributed by atoms with Crippen molar-refractivity contribution in [3.63, 3.8) is 0 Å². The second-order valence-electron chi connectivity index (χ2n) is 4.18. The fourth-order valence-corrected chi connectivity index (χ4v) is 3.63. The van der Waals surface area contributed by atoms with Gasteiger partial charge in [0.25, 0.3) is 0 Å². The van der Waals surface area contributed by atoms with Crippen LogP contribution in [0.4, 0.5) is 0 Å². The molecule has 118 valence electrons. The second kappa shape index (κ2) is 7.60. The molecule has 0 saturated carbocycles. The Balaban J connectivity index is 2.44. The van der Waals surface area contributed by atoms with Gasteiger partial charge in [-0.1, -0.05) is 18.7 Å². The van der Waals surface area contributed by atoms with Crippen molar-refractivity contribution in [1.29, 1.82) is 0 Å². The first-order valence-electron chi connectivity index (χ1n) is 6.58. The summed E-state index contributed by atoms with van der Waals surface area (Å²) in [6.07, 6.45) is 1.71. The van der Waals surface area contributed by atoms with E-state index in [1.54, 1.807) is 51.3 Å². The summed E-state index contributed by atoms with van der Waals surface area (Å²) in [6, 6.07) is 3.49. The van der Waals surface area contributed by atoms with Gasteiger partial charge in [-0.05, 0) is 29.7 Å². The lowest BCUT2D eigenvalue weighted by atomic mass is 10.1. The summed E-state index contributed by atoms with van der Waals surface area (Å²) in [7, 11) is 4.69. The third-order valence-corrected chi connectivity index (χ3v) is 4.79. The normalized spacial score (nSPS) is 15.9. The van der Waals surface area contributed by atoms with Gasteiger partial charge in [0.1, 0.15) is 15.8 Å². The predicted octanol–water partition coefficient (Wildman–Crippen LogP) is 3.44. The standard InChI is InChI=1S/C15H17NO4S2/c1-5-21-15-16-10(14(17)22-15)6-9-7-12(19-3)13(20-4)8-11(9)18-2/h6-8H,5H2,1-4H3. The molecule has 1 aromatic rings. The first-order chi connectivity index (χ1) is 10.6. The average molecular weight is 339 g/mol. The number of aliphatic imine (C=N–C) groups is 1. The number of carbonyl (C=O) groups excluding carboxylic acids is 1. The van der Waals surface area contributed by atoms with Crippen LogP contribution in [0.3, 0.4) is 0 Å². The van der Waals surface area contributed by atoms with Gasteiger partial charge in [0, 0.05) is 11.6 Å². The molecule has 22 heavy (non-hydrogen) atoms. The molecule has 0 amide bonds. The number of thioether (sulfide) groups is 2. The number of rotatable bonds is 5. The van der Waals surface area contributed by atoms with Crippen LogP contribution >= 0.6 is 23.5 Å². The highest BCUT2D eigenvalue weighted by molar-refractivity contribution is 8.45. The zero-order chi connectivity index (χ0) is 16.1. The van der Waals surface area contributed by atoms with Crippen LogP contribution in [0.2, 0.25) is 0 Å². The molecule has 1 aromatic carbocycles. The van der Waals surface area contributed by atoms with Crippen LogP contribution in [0, 0.1) is 0 Å². The minimum atomic E-state index is -0.0622. The SMILES string of the molecule is CCSC1=NC(=Cc2cc(OC)c(OC)cc2OC)C(=O)S1. The van der Waals surface area contributed by atoms with Crippen LogP contribution in [0.25, 0.3) is 6.08 Å². The Labute approximate surface area is 138 Å². The lowest BCUT2D eigenvalue weighted by Crippen LogP contribution is -1.95. The Hall–Kier alpha value is -1.60. The Morgan fingerprint density at radius 3 is 2.36 bits per heavy atom. The van der Waals surface area contributed by atoms with Crippen LogP contribution in [0.1, 0.15) is 12.5 Å². The van der Waals surface area contributed by atoms with Crippen molar-refractivity contribution >= 4 is 39.1 Å². The molecular formula is C15H17NO4S2. The zero-order valence-corrected chi connectivity index (χ0v) is 14.5. The van der Waals surface area contributed by atoms with Crippen LogP contribution < -0.4 is 14.2 Å². The van der Waals surface area contributed by atoms with Crippen molar-refractivity contribution in [3.05, 3.63) is 23.4 Å². The molecule has 0 unspecified atom stereocenters. The maximum Gasteiger partial charge on any atom is 0.244 e. The molecular weight excluding hydrogens is 322 g/mol. The van der Waals surface area contributed by atoms with Gasteiger partial charge in [0.2, 0.25) is 5.12 Å². The lowest BCUT2D eigenvalue weighted by Gasteiger charge is -2.12. The van der Waals surface area contributed by atoms with Crippen LogP contribution in [0.15, 0.2) is 22.8 Å². The molecule has 0 spiro atoms. The van der Waals surface area contributed by atoms with Crippen molar-refractivity contribution in [1.82, 2.24) is 0 Å². The number of benzene rings is 1. The number of methoxy groups -OCH3 is 3. The van der Waals surface area contributed by atoms with Crippen LogP contribution in [0.5, 0.6) is 17.2 Å². The largest absolute Gasteiger partial charge is 0.496 e. The third-order valence-electron chi connectivity index (χ3n) is 2.90. The summed E-state index contributed by atoms with van der Waals surface area (Å²) < 4.78 is 16.7. The molecule has 1 aliphatic heterocycles. The molecule has 0 saturated heterocycles. The minimum Gasteiger partial charge on any atom is -0.496 e. The molecule has 0 bridgehead atoms. The molecule has 0 aromatic heterocycles. The Bertz CT molecular complexity index is 641. The Morgan fingerprint density at radius 1 is 1.14 bits per heavy atom. The maximum absolute atomic E-state index is 12.0. The number of hydrogen-bond donors (Lipinski definition) is 0. The Morgan fingerprint density at radius 2 is 1.77 bits per heavy atom. The van der Waals surface area contributed by atoms with Crippen LogP contribution in [-0.2, 0) is 4.79 Å². The first kappa shape index (κ1) is 16.8. The first-order valence-corrected chi connectivity index (χ1v) is 8.38. The van der Waals surface area contributed by atoms with E-state index < -0.39 is 0 Å². The minimum absolute atomic E-state index is 0.0622. The summed E-state index contributed by atoms with van der Waals surface area (Å²) in [5.74, 6) is 2.61. The summed E-state index contributed by atoms with van der Waals surface area (Å²) in [5, 5.41) is -0.0622. The predicted molar refractivity (Wildman–Crippen MR) is 92.2 cm³/mol. The van der Waals surface area contributed by atoms with E-state index in [0.717, 1.165) is 27.5 Å². The average Bonchev–Trinajstić information content (AvgIpc) is 2.86. The number of ether oxygens (including phenoxy) is 3. The van der Waals surface area contributed by atoms with E-state index in [-0.39, 0.29) is 5.12 Å². The van der Waals surface area contributed by atoms with E-state index in [0.29, 0.717) is 22.9 Å². The fraction of sp³-hybridized carbons (Fsp3) is 0.333. The van der Waals surface area contributed by atoms with E-state index in [1.807, 2.05) is 6.92 Å². The highest BCUT2D eigenvalue weighted by Crippen LogP contribution is 2.37. The summed E-state index contributed by atoms with van der Waals surface area (Å²) in [6.45, 7) is 2.03. The summed E-state index contributed by atoms with van der Waals surface area (Å²) in [4.78, 5) is 16.4. The molecule has 0 fully saturated rings. The van der Waals surface area contributed by atoms with Crippen molar-refractivity contribution in [2.75, 3.05) is 27.1 Å². The van der Waals surface area contributed by atoms with Crippen molar-refractivity contribution in [3.8, 4) is 17.2 Å². The smallest absolute Gasteiger partial charge is 0.244 e. The van der Waals surface area contributed by atoms with Gasteiger partial charge in [-0.2, -0.15) is 0 Å². The van der Waals surface area contributed by atoms with Crippen LogP contribution in [-0.4, -0.2) is 36.6 Å². The van der Waals surface area contributed by atoms with Gasteiger partial charge >= 0.3 is 0 Å². The molecule has 5 nitrogen and oxygen atoms in total. The van der Waals surface area contributed by atoms with Gasteiger partial charge in [0.05, 0.1) is 21.3 Å². The molecule has 0 radical (unpaired) electrons. The molecule has 1 heterocycles. The molecule has 0 atom stereocenters. The maximum atomic E-state index is 12.0. The molecule has 0 aliphatic carbocycles. The van der Waals surface area contributed by atoms with Gasteiger partial charge in [-0.15, -0.1) is 0 Å². The number of carbonyl (C=O) groups is 1. The van der Waals surface area contributed by atoms with Crippen molar-refractivity contribution in [2.45, 2.75) is 6.92 Å². The van der Waals surface area contributed by atoms with Gasteiger partial charge < -0.3 is 14.2 Å². The van der Waals surface area contributed by atoms with Gasteiger partial charge in [-0.3, -0.25) is 4.79 Å². The van der Waals surface area contributed by atoms with E-state index >= 15 is 0 Å². The summed E-state index contributed by atoms with van der Waals surface area (Å²) in [5.41, 5.74) is 1.13. The number of nitrogens with zero attached hydrogens (tertiary/aromatic N) is 1. The summed E-state index contributed by atoms with van der Waals surface area (Å²) >= 11 is 2.71. The van der Waals surface area contributed by atoms with Crippen molar-refractivity contribution < 1.29 is 19.0 Å². The van der Waals surface area contributed by atoms with Gasteiger partial charge in [0.15, 0.2) is 11.5 Å². The van der Waals surface area contributed by atoms with Crippen molar-refractivity contribution in [2.24, 2.45) is 4.99 Å². The molecule has 1 aliphatic rings. The topological polar surface area (TPSA) is 57.1 Å². The lowest BCUT2D eigenvalue weighted by molar-refractivity contribution is -0.107. The van der Waals surface area contributed by atoms with E-state index in [2.05, 4.69) is 4.99 Å². The van der Waals surface area contributed by atoms with E-state index in [4.69, 9.17) is 14.2 Å². The monoisotopic (exact) mass is 339 g/mol. The van der Waals surface area contributed by atoms with E-state index in [1.165, 1.54) is 0 Å². The number of hydrogen-bond acceptors (Lipinski definition) is 7. The zero-order valence-electron chi connectivity index (χ0n) is 12.8. The highest BCUT2D eigenvalue weighted by Gasteiger charge is 2.23. The molecule has 7 heteroatoms. The second-order valence-corrected chi connectivity index (χ2v) is 6.65. The fourth-order valence-electron chi connectivity index (χ4n) is 1.89. The van der Waals surface area contributed by atoms with Gasteiger partial charge in [-0.25, -0.2) is 4.99 Å². The quantitative estimate of drug-likeness (QED) is 0.766. The highest BCUT2D eigenvalue weighted by atomic mass is 32.2. The Kier molecular flexibility index (Phi) is 5.79. The molecule has 0 N–H and O–H groups in total. The van der Waals surface area contributed by atoms with E-state index in [9.17, 15) is 4.79 Å².